The summed E-state index contributed by atoms with van der Waals surface area (Å²) < 4.78 is 0. The summed E-state index contributed by atoms with van der Waals surface area (Å²) in [7, 11) is 0. The molecular formula is C20H30O4. The Labute approximate surface area is 144 Å². The van der Waals surface area contributed by atoms with Gasteiger partial charge in [0.05, 0.1) is 5.92 Å². The summed E-state index contributed by atoms with van der Waals surface area (Å²) in [6, 6.07) is 0. The zero-order chi connectivity index (χ0) is 18.2. The van der Waals surface area contributed by atoms with Crippen LogP contribution in [0.3, 0.4) is 0 Å². The van der Waals surface area contributed by atoms with Crippen LogP contribution in [0.5, 0.6) is 0 Å². The van der Waals surface area contributed by atoms with Gasteiger partial charge in [-0.05, 0) is 37.0 Å². The number of allylic oxidation sites excluding steroid dienone is 2. The van der Waals surface area contributed by atoms with Gasteiger partial charge >= 0.3 is 5.97 Å². The van der Waals surface area contributed by atoms with E-state index in [0.29, 0.717) is 12.3 Å². The van der Waals surface area contributed by atoms with Gasteiger partial charge in [-0.25, -0.2) is 0 Å². The van der Waals surface area contributed by atoms with E-state index in [4.69, 9.17) is 0 Å². The molecule has 24 heavy (non-hydrogen) atoms. The summed E-state index contributed by atoms with van der Waals surface area (Å²) in [5.41, 5.74) is 1.21. The van der Waals surface area contributed by atoms with Gasteiger partial charge in [0.1, 0.15) is 11.6 Å². The Kier molecular flexibility index (Phi) is 5.36. The van der Waals surface area contributed by atoms with Gasteiger partial charge in [0.25, 0.3) is 0 Å². The second-order valence-electron chi connectivity index (χ2n) is 8.44. The molecular weight excluding hydrogens is 304 g/mol. The molecule has 1 fully saturated rings. The molecule has 5 atom stereocenters. The topological polar surface area (TPSA) is 71.4 Å². The van der Waals surface area contributed by atoms with Crippen molar-refractivity contribution in [1.82, 2.24) is 0 Å². The largest absolute Gasteiger partial charge is 0.481 e. The highest BCUT2D eigenvalue weighted by atomic mass is 16.4. The van der Waals surface area contributed by atoms with Crippen molar-refractivity contribution < 1.29 is 19.5 Å². The average molecular weight is 334 g/mol. The lowest BCUT2D eigenvalue weighted by atomic mass is 9.79. The van der Waals surface area contributed by atoms with E-state index in [1.807, 2.05) is 6.08 Å². The van der Waals surface area contributed by atoms with E-state index in [-0.39, 0.29) is 35.2 Å². The maximum absolute atomic E-state index is 12.9. The number of Topliss-reactive ketones (excluding diaryl/α,β-unsaturated/α-hetero) is 2. The molecule has 0 heterocycles. The third-order valence-corrected chi connectivity index (χ3v) is 6.38. The van der Waals surface area contributed by atoms with Crippen LogP contribution in [0.1, 0.15) is 60.3 Å². The minimum atomic E-state index is -0.919. The van der Waals surface area contributed by atoms with Crippen molar-refractivity contribution in [3.05, 3.63) is 11.6 Å². The lowest BCUT2D eigenvalue weighted by Gasteiger charge is -2.23. The number of rotatable bonds is 2. The van der Waals surface area contributed by atoms with Gasteiger partial charge in [-0.1, -0.05) is 39.3 Å². The fraction of sp³-hybridized carbons (Fsp3) is 0.750. The number of carbonyl (C=O) groups excluding carboxylic acids is 2. The molecule has 4 heteroatoms. The predicted molar refractivity (Wildman–Crippen MR) is 92.5 cm³/mol. The molecule has 0 saturated heterocycles. The Hall–Kier alpha value is -1.45. The van der Waals surface area contributed by atoms with Crippen LogP contribution < -0.4 is 0 Å². The summed E-state index contributed by atoms with van der Waals surface area (Å²) >= 11 is 0. The Morgan fingerprint density at radius 1 is 1.29 bits per heavy atom. The minimum absolute atomic E-state index is 0.00832. The second-order valence-corrected chi connectivity index (χ2v) is 8.44. The third kappa shape index (κ3) is 3.62. The molecule has 2 aliphatic rings. The van der Waals surface area contributed by atoms with Crippen LogP contribution in [0.2, 0.25) is 0 Å². The first-order valence-corrected chi connectivity index (χ1v) is 9.01. The van der Waals surface area contributed by atoms with E-state index in [2.05, 4.69) is 20.8 Å². The maximum Gasteiger partial charge on any atom is 0.306 e. The van der Waals surface area contributed by atoms with Crippen molar-refractivity contribution in [3.63, 3.8) is 0 Å². The van der Waals surface area contributed by atoms with Gasteiger partial charge in [-0.3, -0.25) is 14.4 Å². The molecule has 4 nitrogen and oxygen atoms in total. The molecule has 2 rings (SSSR count). The highest BCUT2D eigenvalue weighted by Crippen LogP contribution is 2.65. The van der Waals surface area contributed by atoms with Crippen LogP contribution in [0.4, 0.5) is 0 Å². The van der Waals surface area contributed by atoms with Gasteiger partial charge in [-0.2, -0.15) is 0 Å². The molecule has 0 aromatic heterocycles. The van der Waals surface area contributed by atoms with Crippen molar-refractivity contribution >= 4 is 17.5 Å². The first kappa shape index (κ1) is 18.9. The number of aliphatic carboxylic acids is 1. The molecule has 0 unspecified atom stereocenters. The Morgan fingerprint density at radius 2 is 1.92 bits per heavy atom. The molecule has 2 aliphatic carbocycles. The summed E-state index contributed by atoms with van der Waals surface area (Å²) in [6.45, 7) is 9.76. The number of carboxylic acid groups (broad SMARTS) is 1. The Bertz CT molecular complexity index is 572. The molecule has 0 bridgehead atoms. The van der Waals surface area contributed by atoms with Gasteiger partial charge in [-0.15, -0.1) is 0 Å². The molecule has 134 valence electrons. The van der Waals surface area contributed by atoms with E-state index in [9.17, 15) is 19.5 Å². The zero-order valence-corrected chi connectivity index (χ0v) is 15.5. The average Bonchev–Trinajstić information content (AvgIpc) is 3.02. The van der Waals surface area contributed by atoms with Gasteiger partial charge in [0.2, 0.25) is 0 Å². The highest BCUT2D eigenvalue weighted by Gasteiger charge is 2.62. The zero-order valence-electron chi connectivity index (χ0n) is 15.5. The first-order valence-electron chi connectivity index (χ1n) is 9.01. The van der Waals surface area contributed by atoms with Crippen molar-refractivity contribution in [2.75, 3.05) is 0 Å². The van der Waals surface area contributed by atoms with Crippen molar-refractivity contribution in [2.24, 2.45) is 35.0 Å². The Balaban J connectivity index is 2.35. The van der Waals surface area contributed by atoms with Crippen LogP contribution in [0.25, 0.3) is 0 Å². The molecule has 0 aromatic rings. The normalized spacial score (nSPS) is 37.3. The highest BCUT2D eigenvalue weighted by molar-refractivity contribution is 5.92. The van der Waals surface area contributed by atoms with E-state index >= 15 is 0 Å². The second kappa shape index (κ2) is 6.81. The van der Waals surface area contributed by atoms with Gasteiger partial charge in [0.15, 0.2) is 0 Å². The van der Waals surface area contributed by atoms with Crippen LogP contribution >= 0.6 is 0 Å². The molecule has 0 spiro atoms. The van der Waals surface area contributed by atoms with Crippen molar-refractivity contribution in [2.45, 2.75) is 60.3 Å². The van der Waals surface area contributed by atoms with Crippen LogP contribution in [0, 0.1) is 35.0 Å². The molecule has 1 saturated carbocycles. The molecule has 1 N–H and O–H groups in total. The van der Waals surface area contributed by atoms with E-state index in [0.717, 1.165) is 12.8 Å². The summed E-state index contributed by atoms with van der Waals surface area (Å²) in [4.78, 5) is 36.7. The summed E-state index contributed by atoms with van der Waals surface area (Å²) in [6.07, 6.45) is 4.39. The number of hydrogen-bond acceptors (Lipinski definition) is 3. The first-order chi connectivity index (χ1) is 11.1. The quantitative estimate of drug-likeness (QED) is 0.778. The van der Waals surface area contributed by atoms with Crippen LogP contribution in [0.15, 0.2) is 11.6 Å². The van der Waals surface area contributed by atoms with E-state index < -0.39 is 17.8 Å². The number of fused-ring (bicyclic) bond motifs is 1. The number of carboxylic acids is 1. The van der Waals surface area contributed by atoms with Crippen molar-refractivity contribution in [1.29, 1.82) is 0 Å². The van der Waals surface area contributed by atoms with E-state index in [1.165, 1.54) is 5.57 Å². The van der Waals surface area contributed by atoms with Crippen LogP contribution in [-0.4, -0.2) is 22.6 Å². The van der Waals surface area contributed by atoms with Crippen LogP contribution in [-0.2, 0) is 14.4 Å². The molecule has 0 aromatic carbocycles. The number of hydrogen-bond donors (Lipinski definition) is 1. The van der Waals surface area contributed by atoms with E-state index in [1.54, 1.807) is 13.8 Å². The summed E-state index contributed by atoms with van der Waals surface area (Å²) in [5.74, 6) is -1.95. The standard InChI is InChI=1S/C20H30O4/c1-11-6-8-14-18(20(14,4)5)17(13(3)19(23)24)16(22)10-12(2)15(21)9-7-11/h7,12-14,17-18H,6,8-10H2,1-5H3,(H,23,24)/b11-7+/t12-,13+,14-,17+,18+/m1/s1. The fourth-order valence-corrected chi connectivity index (χ4v) is 4.51. The van der Waals surface area contributed by atoms with Gasteiger partial charge < -0.3 is 5.11 Å². The SMILES string of the molecule is C/C1=C\CC(=O)[C@H](C)CC(=O)[C@H]([C@H](C)C(=O)O)[C@@H]2[C@@H](CC1)C2(C)C. The molecule has 0 aliphatic heterocycles. The predicted octanol–water partition coefficient (Wildman–Crippen LogP) is 3.89. The van der Waals surface area contributed by atoms with Gasteiger partial charge in [0, 0.05) is 24.7 Å². The Morgan fingerprint density at radius 3 is 2.50 bits per heavy atom. The lowest BCUT2D eigenvalue weighted by Crippen LogP contribution is -2.33. The monoisotopic (exact) mass is 334 g/mol. The fourth-order valence-electron chi connectivity index (χ4n) is 4.51. The third-order valence-electron chi connectivity index (χ3n) is 6.38. The molecule has 0 radical (unpaired) electrons. The maximum atomic E-state index is 12.9. The number of carbonyl (C=O) groups is 3. The lowest BCUT2D eigenvalue weighted by molar-refractivity contribution is -0.147. The van der Waals surface area contributed by atoms with Crippen molar-refractivity contribution in [3.8, 4) is 0 Å². The number of ketones is 2. The molecule has 0 amide bonds. The minimum Gasteiger partial charge on any atom is -0.481 e. The smallest absolute Gasteiger partial charge is 0.306 e. The summed E-state index contributed by atoms with van der Waals surface area (Å²) in [5, 5.41) is 9.48.